The lowest BCUT2D eigenvalue weighted by atomic mass is 10.0. The number of carbonyl (C=O) groups is 4. The number of nitrogens with one attached hydrogen (secondary N) is 2. The summed E-state index contributed by atoms with van der Waals surface area (Å²) in [6, 6.07) is 8.99. The number of ether oxygens (including phenoxy) is 1. The zero-order chi connectivity index (χ0) is 20.7. The zero-order valence-corrected chi connectivity index (χ0v) is 16.7. The smallest absolute Gasteiger partial charge is 0.329 e. The molecule has 28 heavy (non-hydrogen) atoms. The van der Waals surface area contributed by atoms with Gasteiger partial charge in [-0.1, -0.05) is 32.0 Å². The summed E-state index contributed by atoms with van der Waals surface area (Å²) >= 11 is 1.27. The first-order valence-electron chi connectivity index (χ1n) is 8.69. The molecule has 0 radical (unpaired) electrons. The number of benzene rings is 1. The first kappa shape index (κ1) is 21.3. The van der Waals surface area contributed by atoms with Crippen LogP contribution < -0.4 is 10.6 Å². The molecule has 0 fully saturated rings. The Morgan fingerprint density at radius 1 is 1.11 bits per heavy atom. The number of hydrogen-bond acceptors (Lipinski definition) is 6. The predicted molar refractivity (Wildman–Crippen MR) is 106 cm³/mol. The molecular formula is C20H22N2O5S. The Kier molecular flexibility index (Phi) is 7.45. The van der Waals surface area contributed by atoms with Crippen molar-refractivity contribution in [2.45, 2.75) is 26.8 Å². The van der Waals surface area contributed by atoms with Crippen LogP contribution in [0.2, 0.25) is 0 Å². The molecule has 0 unspecified atom stereocenters. The molecule has 0 saturated carbocycles. The maximum absolute atomic E-state index is 12.3. The van der Waals surface area contributed by atoms with Gasteiger partial charge in [-0.25, -0.2) is 4.79 Å². The van der Waals surface area contributed by atoms with Crippen LogP contribution in [0.15, 0.2) is 41.8 Å². The Hall–Kier alpha value is -3.00. The van der Waals surface area contributed by atoms with E-state index >= 15 is 0 Å². The highest BCUT2D eigenvalue weighted by atomic mass is 32.1. The minimum Gasteiger partial charge on any atom is -0.454 e. The Balaban J connectivity index is 1.91. The van der Waals surface area contributed by atoms with E-state index in [0.717, 1.165) is 0 Å². The minimum absolute atomic E-state index is 0.121. The number of carbonyl (C=O) groups excluding carboxylic acids is 4. The summed E-state index contributed by atoms with van der Waals surface area (Å²) < 4.78 is 5.07. The van der Waals surface area contributed by atoms with Crippen molar-refractivity contribution in [1.29, 1.82) is 0 Å². The van der Waals surface area contributed by atoms with E-state index in [1.54, 1.807) is 55.6 Å². The molecule has 0 aliphatic heterocycles. The Labute approximate surface area is 167 Å². The molecule has 0 spiro atoms. The molecule has 0 aliphatic rings. The SMILES string of the molecule is CC(=O)c1cccc(NC(=O)COC(=O)[C@@H](NC(=O)c2cccs2)C(C)C)c1. The summed E-state index contributed by atoms with van der Waals surface area (Å²) in [5.74, 6) is -1.93. The topological polar surface area (TPSA) is 102 Å². The standard InChI is InChI=1S/C20H22N2O5S/c1-12(2)18(22-19(25)16-8-5-9-28-16)20(26)27-11-17(24)21-15-7-4-6-14(10-15)13(3)23/h4-10,12,18H,11H2,1-3H3,(H,21,24)(H,22,25)/t18-/m0/s1. The van der Waals surface area contributed by atoms with Crippen LogP contribution in [0, 0.1) is 5.92 Å². The molecule has 0 bridgehead atoms. The number of thiophene rings is 1. The first-order valence-corrected chi connectivity index (χ1v) is 9.57. The van der Waals surface area contributed by atoms with Crippen molar-refractivity contribution in [3.05, 3.63) is 52.2 Å². The maximum Gasteiger partial charge on any atom is 0.329 e. The second kappa shape index (κ2) is 9.80. The maximum atomic E-state index is 12.3. The molecule has 1 atom stereocenters. The summed E-state index contributed by atoms with van der Waals surface area (Å²) in [4.78, 5) is 48.4. The Bertz CT molecular complexity index is 861. The largest absolute Gasteiger partial charge is 0.454 e. The van der Waals surface area contributed by atoms with E-state index in [0.29, 0.717) is 16.1 Å². The van der Waals surface area contributed by atoms with Crippen LogP contribution in [-0.2, 0) is 14.3 Å². The molecular weight excluding hydrogens is 380 g/mol. The molecule has 2 amide bonds. The van der Waals surface area contributed by atoms with Crippen molar-refractivity contribution >= 4 is 40.6 Å². The lowest BCUT2D eigenvalue weighted by Crippen LogP contribution is -2.45. The third-order valence-corrected chi connectivity index (χ3v) is 4.72. The number of ketones is 1. The van der Waals surface area contributed by atoms with Crippen LogP contribution in [0.25, 0.3) is 0 Å². The molecule has 0 aliphatic carbocycles. The number of anilines is 1. The minimum atomic E-state index is -0.872. The monoisotopic (exact) mass is 402 g/mol. The van der Waals surface area contributed by atoms with Crippen molar-refractivity contribution in [3.8, 4) is 0 Å². The highest BCUT2D eigenvalue weighted by molar-refractivity contribution is 7.12. The Morgan fingerprint density at radius 2 is 1.86 bits per heavy atom. The average molecular weight is 402 g/mol. The summed E-state index contributed by atoms with van der Waals surface area (Å²) in [5.41, 5.74) is 0.895. The average Bonchev–Trinajstić information content (AvgIpc) is 3.18. The van der Waals surface area contributed by atoms with Crippen LogP contribution in [0.1, 0.15) is 40.8 Å². The number of Topliss-reactive ketones (excluding diaryl/α,β-unsaturated/α-hetero) is 1. The van der Waals surface area contributed by atoms with Gasteiger partial charge < -0.3 is 15.4 Å². The molecule has 8 heteroatoms. The molecule has 2 N–H and O–H groups in total. The van der Waals surface area contributed by atoms with E-state index in [-0.39, 0.29) is 17.6 Å². The van der Waals surface area contributed by atoms with Crippen LogP contribution in [0.4, 0.5) is 5.69 Å². The van der Waals surface area contributed by atoms with Crippen molar-refractivity contribution in [1.82, 2.24) is 5.32 Å². The summed E-state index contributed by atoms with van der Waals surface area (Å²) in [6.07, 6.45) is 0. The van der Waals surface area contributed by atoms with Gasteiger partial charge in [0.1, 0.15) is 6.04 Å². The van der Waals surface area contributed by atoms with Crippen LogP contribution in [0.3, 0.4) is 0 Å². The highest BCUT2D eigenvalue weighted by Gasteiger charge is 2.27. The molecule has 1 aromatic heterocycles. The van der Waals surface area contributed by atoms with Gasteiger partial charge in [-0.15, -0.1) is 11.3 Å². The van der Waals surface area contributed by atoms with Gasteiger partial charge in [-0.05, 0) is 36.4 Å². The normalized spacial score (nSPS) is 11.6. The summed E-state index contributed by atoms with van der Waals surface area (Å²) in [7, 11) is 0. The highest BCUT2D eigenvalue weighted by Crippen LogP contribution is 2.12. The van der Waals surface area contributed by atoms with Crippen LogP contribution in [0.5, 0.6) is 0 Å². The van der Waals surface area contributed by atoms with Gasteiger partial charge in [0.2, 0.25) is 0 Å². The second-order valence-electron chi connectivity index (χ2n) is 6.47. The summed E-state index contributed by atoms with van der Waals surface area (Å²) in [6.45, 7) is 4.47. The predicted octanol–water partition coefficient (Wildman–Crippen LogP) is 2.89. The summed E-state index contributed by atoms with van der Waals surface area (Å²) in [5, 5.41) is 6.98. The quantitative estimate of drug-likeness (QED) is 0.522. The van der Waals surface area contributed by atoms with Gasteiger partial charge in [0.05, 0.1) is 4.88 Å². The number of hydrogen-bond donors (Lipinski definition) is 2. The third kappa shape index (κ3) is 6.02. The number of esters is 1. The molecule has 148 valence electrons. The van der Waals surface area contributed by atoms with Crippen LogP contribution in [-0.4, -0.2) is 36.2 Å². The second-order valence-corrected chi connectivity index (χ2v) is 7.41. The van der Waals surface area contributed by atoms with Crippen molar-refractivity contribution in [2.75, 3.05) is 11.9 Å². The molecule has 2 aromatic rings. The molecule has 2 rings (SSSR count). The van der Waals surface area contributed by atoms with Gasteiger partial charge in [0, 0.05) is 11.3 Å². The van der Waals surface area contributed by atoms with Gasteiger partial charge in [0.15, 0.2) is 12.4 Å². The molecule has 1 aromatic carbocycles. The van der Waals surface area contributed by atoms with Crippen LogP contribution >= 0.6 is 11.3 Å². The molecule has 1 heterocycles. The molecule has 0 saturated heterocycles. The fourth-order valence-electron chi connectivity index (χ4n) is 2.36. The fraction of sp³-hybridized carbons (Fsp3) is 0.300. The van der Waals surface area contributed by atoms with E-state index in [1.807, 2.05) is 0 Å². The lowest BCUT2D eigenvalue weighted by Gasteiger charge is -2.20. The van der Waals surface area contributed by atoms with Crippen molar-refractivity contribution in [3.63, 3.8) is 0 Å². The zero-order valence-electron chi connectivity index (χ0n) is 15.9. The van der Waals surface area contributed by atoms with E-state index in [1.165, 1.54) is 18.3 Å². The molecule has 7 nitrogen and oxygen atoms in total. The van der Waals surface area contributed by atoms with Gasteiger partial charge in [0.25, 0.3) is 11.8 Å². The van der Waals surface area contributed by atoms with Gasteiger partial charge >= 0.3 is 5.97 Å². The van der Waals surface area contributed by atoms with Gasteiger partial charge in [-0.3, -0.25) is 14.4 Å². The van der Waals surface area contributed by atoms with E-state index < -0.39 is 24.5 Å². The van der Waals surface area contributed by atoms with Crippen molar-refractivity contribution < 1.29 is 23.9 Å². The number of amides is 2. The van der Waals surface area contributed by atoms with Crippen molar-refractivity contribution in [2.24, 2.45) is 5.92 Å². The number of rotatable bonds is 8. The fourth-order valence-corrected chi connectivity index (χ4v) is 2.98. The lowest BCUT2D eigenvalue weighted by molar-refractivity contribution is -0.150. The van der Waals surface area contributed by atoms with Gasteiger partial charge in [-0.2, -0.15) is 0 Å². The van der Waals surface area contributed by atoms with E-state index in [2.05, 4.69) is 10.6 Å². The Morgan fingerprint density at radius 3 is 2.46 bits per heavy atom. The first-order chi connectivity index (χ1) is 13.3. The van der Waals surface area contributed by atoms with E-state index in [4.69, 9.17) is 4.74 Å². The third-order valence-electron chi connectivity index (χ3n) is 3.85. The van der Waals surface area contributed by atoms with E-state index in [9.17, 15) is 19.2 Å².